The lowest BCUT2D eigenvalue weighted by Crippen LogP contribution is -2.30. The molecule has 1 amide bonds. The number of hydrogen-bond acceptors (Lipinski definition) is 6. The first-order valence-corrected chi connectivity index (χ1v) is 12.7. The molecule has 6 nitrogen and oxygen atoms in total. The molecule has 3 heterocycles. The van der Waals surface area contributed by atoms with Gasteiger partial charge in [-0.1, -0.05) is 55.5 Å². The van der Waals surface area contributed by atoms with Crippen molar-refractivity contribution < 1.29 is 14.3 Å². The van der Waals surface area contributed by atoms with Crippen molar-refractivity contribution in [3.8, 4) is 11.3 Å². The number of ether oxygens (including phenoxy) is 1. The van der Waals surface area contributed by atoms with E-state index < -0.39 is 0 Å². The molecule has 35 heavy (non-hydrogen) atoms. The molecule has 5 rings (SSSR count). The Labute approximate surface area is 208 Å². The number of hydrogen-bond donors (Lipinski definition) is 1. The van der Waals surface area contributed by atoms with Gasteiger partial charge in [0, 0.05) is 28.9 Å². The fourth-order valence-corrected chi connectivity index (χ4v) is 5.80. The summed E-state index contributed by atoms with van der Waals surface area (Å²) >= 11 is 1.47. The van der Waals surface area contributed by atoms with Crippen LogP contribution in [-0.2, 0) is 17.7 Å². The smallest absolute Gasteiger partial charge is 0.341 e. The van der Waals surface area contributed by atoms with Crippen molar-refractivity contribution in [2.45, 2.75) is 26.8 Å². The van der Waals surface area contributed by atoms with Gasteiger partial charge < -0.3 is 10.1 Å². The van der Waals surface area contributed by atoms with Crippen LogP contribution in [0.1, 0.15) is 45.0 Å². The van der Waals surface area contributed by atoms with E-state index in [-0.39, 0.29) is 18.5 Å². The molecule has 0 radical (unpaired) electrons. The molecular formula is C28H27N3O3S. The van der Waals surface area contributed by atoms with Crippen LogP contribution in [0.4, 0.5) is 5.00 Å². The van der Waals surface area contributed by atoms with Crippen LogP contribution < -0.4 is 5.32 Å². The average Bonchev–Trinajstić information content (AvgIpc) is 3.25. The van der Waals surface area contributed by atoms with Crippen molar-refractivity contribution in [2.75, 3.05) is 25.0 Å². The van der Waals surface area contributed by atoms with Crippen LogP contribution in [0.25, 0.3) is 22.2 Å². The first kappa shape index (κ1) is 23.2. The Morgan fingerprint density at radius 3 is 2.63 bits per heavy atom. The summed E-state index contributed by atoms with van der Waals surface area (Å²) in [5.41, 5.74) is 4.42. The second kappa shape index (κ2) is 9.98. The molecule has 0 aliphatic carbocycles. The average molecular weight is 486 g/mol. The molecule has 178 valence electrons. The summed E-state index contributed by atoms with van der Waals surface area (Å²) in [4.78, 5) is 34.8. The number of aromatic nitrogens is 1. The van der Waals surface area contributed by atoms with E-state index in [0.717, 1.165) is 58.7 Å². The van der Waals surface area contributed by atoms with E-state index in [1.807, 2.05) is 60.7 Å². The highest BCUT2D eigenvalue weighted by Gasteiger charge is 2.29. The van der Waals surface area contributed by atoms with Crippen LogP contribution in [-0.4, -0.2) is 41.5 Å². The number of nitrogens with zero attached hydrogens (tertiary/aromatic N) is 2. The molecule has 7 heteroatoms. The number of thiophene rings is 1. The van der Waals surface area contributed by atoms with Gasteiger partial charge in [0.2, 0.25) is 0 Å². The third kappa shape index (κ3) is 4.57. The van der Waals surface area contributed by atoms with E-state index >= 15 is 0 Å². The summed E-state index contributed by atoms with van der Waals surface area (Å²) < 4.78 is 5.37. The Morgan fingerprint density at radius 2 is 1.86 bits per heavy atom. The maximum atomic E-state index is 13.7. The van der Waals surface area contributed by atoms with E-state index in [0.29, 0.717) is 16.1 Å². The number of rotatable bonds is 6. The summed E-state index contributed by atoms with van der Waals surface area (Å²) in [7, 11) is 0. The molecule has 0 saturated heterocycles. The zero-order valence-corrected chi connectivity index (χ0v) is 20.7. The molecule has 2 aromatic carbocycles. The standard InChI is InChI=1S/C28H27N3O3S/c1-3-31-15-14-20-24(17-31)35-27(25(20)28(33)34-4-2)30-26(32)21-16-23(18-10-6-5-7-11-18)29-22-13-9-8-12-19(21)22/h5-13,16H,3-4,14-15,17H2,1-2H3,(H,30,32). The van der Waals surface area contributed by atoms with Crippen LogP contribution in [0.3, 0.4) is 0 Å². The van der Waals surface area contributed by atoms with Gasteiger partial charge in [-0.3, -0.25) is 9.69 Å². The van der Waals surface area contributed by atoms with Gasteiger partial charge in [-0.05, 0) is 37.6 Å². The number of carbonyl (C=O) groups is 2. The molecule has 4 aromatic rings. The van der Waals surface area contributed by atoms with Crippen LogP contribution in [0.2, 0.25) is 0 Å². The van der Waals surface area contributed by atoms with E-state index in [1.54, 1.807) is 6.92 Å². The molecule has 0 atom stereocenters. The summed E-state index contributed by atoms with van der Waals surface area (Å²) in [6.45, 7) is 6.81. The second-order valence-electron chi connectivity index (χ2n) is 8.44. The molecule has 0 bridgehead atoms. The molecule has 0 unspecified atom stereocenters. The van der Waals surface area contributed by atoms with Crippen LogP contribution >= 0.6 is 11.3 Å². The normalized spacial score (nSPS) is 13.4. The van der Waals surface area contributed by atoms with Gasteiger partial charge in [0.25, 0.3) is 5.91 Å². The van der Waals surface area contributed by atoms with Crippen LogP contribution in [0, 0.1) is 0 Å². The molecular weight excluding hydrogens is 458 g/mol. The number of nitrogens with one attached hydrogen (secondary N) is 1. The number of likely N-dealkylation sites (N-methyl/N-ethyl adjacent to an activating group) is 1. The maximum absolute atomic E-state index is 13.7. The van der Waals surface area contributed by atoms with Gasteiger partial charge in [0.1, 0.15) is 5.00 Å². The van der Waals surface area contributed by atoms with Crippen molar-refractivity contribution in [3.63, 3.8) is 0 Å². The molecule has 1 N–H and O–H groups in total. The zero-order valence-electron chi connectivity index (χ0n) is 19.8. The number of esters is 1. The van der Waals surface area contributed by atoms with Crippen molar-refractivity contribution in [3.05, 3.63) is 82.2 Å². The molecule has 0 saturated carbocycles. The first-order valence-electron chi connectivity index (χ1n) is 11.9. The number of benzene rings is 2. The van der Waals surface area contributed by atoms with E-state index in [4.69, 9.17) is 9.72 Å². The van der Waals surface area contributed by atoms with Crippen LogP contribution in [0.5, 0.6) is 0 Å². The molecule has 1 aliphatic rings. The third-order valence-electron chi connectivity index (χ3n) is 6.32. The zero-order chi connectivity index (χ0) is 24.4. The largest absolute Gasteiger partial charge is 0.462 e. The summed E-state index contributed by atoms with van der Waals surface area (Å²) in [6, 6.07) is 19.3. The Morgan fingerprint density at radius 1 is 1.09 bits per heavy atom. The number of fused-ring (bicyclic) bond motifs is 2. The first-order chi connectivity index (χ1) is 17.1. The molecule has 1 aliphatic heterocycles. The Bertz CT molecular complexity index is 1400. The number of para-hydroxylation sites is 1. The van der Waals surface area contributed by atoms with Gasteiger partial charge in [-0.25, -0.2) is 9.78 Å². The number of amides is 1. The third-order valence-corrected chi connectivity index (χ3v) is 7.45. The Kier molecular flexibility index (Phi) is 6.61. The minimum absolute atomic E-state index is 0.266. The number of anilines is 1. The second-order valence-corrected chi connectivity index (χ2v) is 9.54. The minimum Gasteiger partial charge on any atom is -0.462 e. The number of carbonyl (C=O) groups excluding carboxylic acids is 2. The summed E-state index contributed by atoms with van der Waals surface area (Å²) in [5.74, 6) is -0.646. The topological polar surface area (TPSA) is 71.5 Å². The van der Waals surface area contributed by atoms with Crippen molar-refractivity contribution in [1.29, 1.82) is 0 Å². The summed E-state index contributed by atoms with van der Waals surface area (Å²) in [5, 5.41) is 4.38. The van der Waals surface area contributed by atoms with Gasteiger partial charge in [-0.15, -0.1) is 11.3 Å². The Balaban J connectivity index is 1.57. The molecule has 0 spiro atoms. The number of pyridine rings is 1. The fourth-order valence-electron chi connectivity index (χ4n) is 4.52. The predicted molar refractivity (Wildman–Crippen MR) is 140 cm³/mol. The van der Waals surface area contributed by atoms with Gasteiger partial charge in [-0.2, -0.15) is 0 Å². The highest BCUT2D eigenvalue weighted by atomic mass is 32.1. The summed E-state index contributed by atoms with van der Waals surface area (Å²) in [6.07, 6.45) is 0.764. The fraction of sp³-hybridized carbons (Fsp3) is 0.250. The van der Waals surface area contributed by atoms with Gasteiger partial charge in [0.05, 0.1) is 28.9 Å². The van der Waals surface area contributed by atoms with Crippen molar-refractivity contribution >= 4 is 39.1 Å². The van der Waals surface area contributed by atoms with E-state index in [2.05, 4.69) is 17.1 Å². The lowest BCUT2D eigenvalue weighted by Gasteiger charge is -2.25. The maximum Gasteiger partial charge on any atom is 0.341 e. The van der Waals surface area contributed by atoms with E-state index in [9.17, 15) is 9.59 Å². The van der Waals surface area contributed by atoms with Crippen LogP contribution in [0.15, 0.2) is 60.7 Å². The van der Waals surface area contributed by atoms with Gasteiger partial charge >= 0.3 is 5.97 Å². The SMILES string of the molecule is CCOC(=O)c1c(NC(=O)c2cc(-c3ccccc3)nc3ccccc23)sc2c1CCN(CC)C2. The van der Waals surface area contributed by atoms with Gasteiger partial charge in [0.15, 0.2) is 0 Å². The lowest BCUT2D eigenvalue weighted by molar-refractivity contribution is 0.0526. The monoisotopic (exact) mass is 485 g/mol. The predicted octanol–water partition coefficient (Wildman–Crippen LogP) is 5.77. The van der Waals surface area contributed by atoms with E-state index in [1.165, 1.54) is 11.3 Å². The van der Waals surface area contributed by atoms with Crippen molar-refractivity contribution in [2.24, 2.45) is 0 Å². The van der Waals surface area contributed by atoms with Crippen molar-refractivity contribution in [1.82, 2.24) is 9.88 Å². The molecule has 2 aromatic heterocycles. The lowest BCUT2D eigenvalue weighted by atomic mass is 10.0. The minimum atomic E-state index is -0.380. The Hall–Kier alpha value is -3.55. The highest BCUT2D eigenvalue weighted by molar-refractivity contribution is 7.17. The highest BCUT2D eigenvalue weighted by Crippen LogP contribution is 2.38. The quantitative estimate of drug-likeness (QED) is 0.351. The molecule has 0 fully saturated rings.